The molecule has 7 heteroatoms. The van der Waals surface area contributed by atoms with Crippen LogP contribution in [0.4, 0.5) is 5.95 Å². The number of nitrogen functional groups attached to an aromatic ring is 1. The maximum Gasteiger partial charge on any atom is 0.255 e. The Balaban J connectivity index is 1.96. The Hall–Kier alpha value is -1.44. The topological polar surface area (TPSA) is 110 Å². The van der Waals surface area contributed by atoms with Gasteiger partial charge in [0.25, 0.3) is 5.56 Å². The molecule has 2 heterocycles. The van der Waals surface area contributed by atoms with Gasteiger partial charge in [-0.1, -0.05) is 0 Å². The SMILES string of the molecule is CC1(C)O[C@@H]2[C@@H](CO)C[C@@H](c3cnc(N)[nH]c3=O)[C@@H]2O1. The summed E-state index contributed by atoms with van der Waals surface area (Å²) in [5, 5.41) is 9.50. The van der Waals surface area contributed by atoms with Crippen LogP contribution in [0.1, 0.15) is 31.7 Å². The summed E-state index contributed by atoms with van der Waals surface area (Å²) in [6.07, 6.45) is 1.69. The quantitative estimate of drug-likeness (QED) is 0.702. The molecule has 0 amide bonds. The third-order valence-corrected chi connectivity index (χ3v) is 4.06. The van der Waals surface area contributed by atoms with E-state index in [1.54, 1.807) is 0 Å². The molecule has 1 aromatic heterocycles. The number of nitrogens with zero attached hydrogens (tertiary/aromatic N) is 1. The predicted molar refractivity (Wildman–Crippen MR) is 71.0 cm³/mol. The van der Waals surface area contributed by atoms with Crippen LogP contribution in [0, 0.1) is 5.92 Å². The maximum absolute atomic E-state index is 12.0. The van der Waals surface area contributed by atoms with E-state index in [1.807, 2.05) is 13.8 Å². The van der Waals surface area contributed by atoms with E-state index >= 15 is 0 Å². The summed E-state index contributed by atoms with van der Waals surface area (Å²) in [5.74, 6) is -0.787. The van der Waals surface area contributed by atoms with Crippen molar-refractivity contribution >= 4 is 5.95 Å². The smallest absolute Gasteiger partial charge is 0.255 e. The number of hydrogen-bond donors (Lipinski definition) is 3. The summed E-state index contributed by atoms with van der Waals surface area (Å²) in [6.45, 7) is 3.68. The van der Waals surface area contributed by atoms with E-state index in [0.29, 0.717) is 12.0 Å². The fourth-order valence-electron chi connectivity index (χ4n) is 3.25. The van der Waals surface area contributed by atoms with Gasteiger partial charge in [-0.25, -0.2) is 4.98 Å². The number of fused-ring (bicyclic) bond motifs is 1. The highest BCUT2D eigenvalue weighted by Gasteiger charge is 2.54. The first-order valence-corrected chi connectivity index (χ1v) is 6.72. The molecule has 3 rings (SSSR count). The Labute approximate surface area is 116 Å². The first kappa shape index (κ1) is 13.5. The van der Waals surface area contributed by atoms with Gasteiger partial charge in [-0.05, 0) is 20.3 Å². The van der Waals surface area contributed by atoms with Crippen molar-refractivity contribution in [2.75, 3.05) is 12.3 Å². The van der Waals surface area contributed by atoms with E-state index in [-0.39, 0.29) is 42.2 Å². The van der Waals surface area contributed by atoms with Crippen LogP contribution in [-0.2, 0) is 9.47 Å². The third kappa shape index (κ3) is 2.11. The van der Waals surface area contributed by atoms with Gasteiger partial charge in [-0.3, -0.25) is 9.78 Å². The second kappa shape index (κ2) is 4.54. The molecular formula is C13H19N3O4. The molecule has 1 saturated heterocycles. The van der Waals surface area contributed by atoms with Crippen molar-refractivity contribution in [2.24, 2.45) is 5.92 Å². The second-order valence-corrected chi connectivity index (χ2v) is 5.90. The average molecular weight is 281 g/mol. The van der Waals surface area contributed by atoms with Gasteiger partial charge in [-0.2, -0.15) is 0 Å². The highest BCUT2D eigenvalue weighted by atomic mass is 16.8. The molecular weight excluding hydrogens is 262 g/mol. The van der Waals surface area contributed by atoms with Crippen molar-refractivity contribution in [3.8, 4) is 0 Å². The largest absolute Gasteiger partial charge is 0.396 e. The van der Waals surface area contributed by atoms with Crippen LogP contribution < -0.4 is 11.3 Å². The number of rotatable bonds is 2. The fourth-order valence-corrected chi connectivity index (χ4v) is 3.25. The van der Waals surface area contributed by atoms with Gasteiger partial charge >= 0.3 is 0 Å². The zero-order valence-corrected chi connectivity index (χ0v) is 11.5. The molecule has 1 aliphatic heterocycles. The zero-order chi connectivity index (χ0) is 14.5. The lowest BCUT2D eigenvalue weighted by Gasteiger charge is -2.22. The van der Waals surface area contributed by atoms with Gasteiger partial charge in [0.1, 0.15) is 0 Å². The summed E-state index contributed by atoms with van der Waals surface area (Å²) < 4.78 is 11.8. The number of H-pyrrole nitrogens is 1. The van der Waals surface area contributed by atoms with Gasteiger partial charge in [0.2, 0.25) is 0 Å². The molecule has 0 bridgehead atoms. The summed E-state index contributed by atoms with van der Waals surface area (Å²) >= 11 is 0. The lowest BCUT2D eigenvalue weighted by atomic mass is 9.97. The van der Waals surface area contributed by atoms with Crippen molar-refractivity contribution in [1.29, 1.82) is 0 Å². The number of aliphatic hydroxyl groups is 1. The molecule has 20 heavy (non-hydrogen) atoms. The summed E-state index contributed by atoms with van der Waals surface area (Å²) in [5.41, 5.74) is 5.74. The number of anilines is 1. The number of ether oxygens (including phenoxy) is 2. The molecule has 0 spiro atoms. The second-order valence-electron chi connectivity index (χ2n) is 5.90. The molecule has 4 atom stereocenters. The number of nitrogens with one attached hydrogen (secondary N) is 1. The molecule has 1 aliphatic carbocycles. The number of hydrogen-bond acceptors (Lipinski definition) is 6. The first-order valence-electron chi connectivity index (χ1n) is 6.72. The zero-order valence-electron chi connectivity index (χ0n) is 11.5. The first-order chi connectivity index (χ1) is 9.41. The summed E-state index contributed by atoms with van der Waals surface area (Å²) in [6, 6.07) is 0. The Kier molecular flexibility index (Phi) is 3.07. The van der Waals surface area contributed by atoms with Gasteiger partial charge in [0, 0.05) is 30.2 Å². The molecule has 7 nitrogen and oxygen atoms in total. The van der Waals surface area contributed by atoms with Crippen molar-refractivity contribution in [1.82, 2.24) is 9.97 Å². The standard InChI is InChI=1S/C13H19N3O4/c1-13(2)19-9-6(5-17)3-7(10(9)20-13)8-4-15-12(14)16-11(8)18/h4,6-7,9-10,17H,3,5H2,1-2H3,(H3,14,15,16,18)/t6-,7+,9-,10+/m1/s1. The van der Waals surface area contributed by atoms with Gasteiger partial charge < -0.3 is 20.3 Å². The summed E-state index contributed by atoms with van der Waals surface area (Å²) in [7, 11) is 0. The van der Waals surface area contributed by atoms with E-state index in [1.165, 1.54) is 6.20 Å². The number of aromatic nitrogens is 2. The lowest BCUT2D eigenvalue weighted by molar-refractivity contribution is -0.159. The Bertz CT molecular complexity index is 571. The molecule has 0 unspecified atom stereocenters. The Morgan fingerprint density at radius 1 is 1.50 bits per heavy atom. The lowest BCUT2D eigenvalue weighted by Crippen LogP contribution is -2.28. The number of nitrogens with two attached hydrogens (primary N) is 1. The predicted octanol–water partition coefficient (Wildman–Crippen LogP) is -0.0320. The van der Waals surface area contributed by atoms with Crippen LogP contribution in [-0.4, -0.2) is 39.7 Å². The minimum Gasteiger partial charge on any atom is -0.396 e. The van der Waals surface area contributed by atoms with Gasteiger partial charge in [0.05, 0.1) is 12.2 Å². The molecule has 4 N–H and O–H groups in total. The number of aliphatic hydroxyl groups excluding tert-OH is 1. The normalized spacial score (nSPS) is 35.1. The minimum absolute atomic E-state index is 0.0113. The molecule has 2 aliphatic rings. The summed E-state index contributed by atoms with van der Waals surface area (Å²) in [4.78, 5) is 18.5. The van der Waals surface area contributed by atoms with Gasteiger partial charge in [-0.15, -0.1) is 0 Å². The van der Waals surface area contributed by atoms with Crippen LogP contribution >= 0.6 is 0 Å². The van der Waals surface area contributed by atoms with E-state index < -0.39 is 5.79 Å². The monoisotopic (exact) mass is 281 g/mol. The van der Waals surface area contributed by atoms with Crippen molar-refractivity contribution in [3.63, 3.8) is 0 Å². The minimum atomic E-state index is -0.699. The van der Waals surface area contributed by atoms with Crippen LogP contribution in [0.3, 0.4) is 0 Å². The molecule has 2 fully saturated rings. The average Bonchev–Trinajstić information content (AvgIpc) is 2.83. The molecule has 0 aromatic carbocycles. The maximum atomic E-state index is 12.0. The highest BCUT2D eigenvalue weighted by molar-refractivity contribution is 5.24. The third-order valence-electron chi connectivity index (χ3n) is 4.06. The van der Waals surface area contributed by atoms with E-state index in [0.717, 1.165) is 0 Å². The van der Waals surface area contributed by atoms with Crippen molar-refractivity contribution in [3.05, 3.63) is 22.1 Å². The molecule has 0 radical (unpaired) electrons. The number of aromatic amines is 1. The van der Waals surface area contributed by atoms with E-state index in [2.05, 4.69) is 9.97 Å². The molecule has 110 valence electrons. The van der Waals surface area contributed by atoms with Crippen LogP contribution in [0.15, 0.2) is 11.0 Å². The van der Waals surface area contributed by atoms with Crippen molar-refractivity contribution < 1.29 is 14.6 Å². The van der Waals surface area contributed by atoms with E-state index in [4.69, 9.17) is 15.2 Å². The van der Waals surface area contributed by atoms with Crippen LogP contribution in [0.25, 0.3) is 0 Å². The van der Waals surface area contributed by atoms with Gasteiger partial charge in [0.15, 0.2) is 11.7 Å². The Morgan fingerprint density at radius 3 is 2.85 bits per heavy atom. The van der Waals surface area contributed by atoms with Crippen molar-refractivity contribution in [2.45, 2.75) is 44.2 Å². The fraction of sp³-hybridized carbons (Fsp3) is 0.692. The molecule has 1 saturated carbocycles. The Morgan fingerprint density at radius 2 is 2.20 bits per heavy atom. The van der Waals surface area contributed by atoms with E-state index in [9.17, 15) is 9.90 Å². The molecule has 1 aromatic rings. The highest BCUT2D eigenvalue weighted by Crippen LogP contribution is 2.47. The van der Waals surface area contributed by atoms with Crippen LogP contribution in [0.2, 0.25) is 0 Å². The van der Waals surface area contributed by atoms with Crippen LogP contribution in [0.5, 0.6) is 0 Å².